The average molecular weight is 261 g/mol. The first kappa shape index (κ1) is 12.9. The highest BCUT2D eigenvalue weighted by Gasteiger charge is 2.43. The molecule has 0 aromatic carbocycles. The van der Waals surface area contributed by atoms with Crippen molar-refractivity contribution in [3.8, 4) is 0 Å². The lowest BCUT2D eigenvalue weighted by Crippen LogP contribution is -2.39. The Kier molecular flexibility index (Phi) is 3.01. The molecule has 4 heteroatoms. The van der Waals surface area contributed by atoms with E-state index in [9.17, 15) is 5.11 Å². The van der Waals surface area contributed by atoms with Crippen molar-refractivity contribution >= 4 is 5.82 Å². The van der Waals surface area contributed by atoms with Gasteiger partial charge in [-0.15, -0.1) is 0 Å². The van der Waals surface area contributed by atoms with Crippen molar-refractivity contribution in [1.29, 1.82) is 0 Å². The summed E-state index contributed by atoms with van der Waals surface area (Å²) in [5, 5.41) is 10.1. The van der Waals surface area contributed by atoms with E-state index in [0.717, 1.165) is 30.9 Å². The minimum atomic E-state index is -0.198. The highest BCUT2D eigenvalue weighted by atomic mass is 16.3. The van der Waals surface area contributed by atoms with Crippen molar-refractivity contribution in [2.24, 2.45) is 5.92 Å². The molecular formula is C15H23N3O. The number of aliphatic hydroxyl groups is 1. The van der Waals surface area contributed by atoms with Crippen molar-refractivity contribution in [3.05, 3.63) is 18.1 Å². The van der Waals surface area contributed by atoms with Crippen LogP contribution in [0.15, 0.2) is 12.4 Å². The van der Waals surface area contributed by atoms with E-state index in [2.05, 4.69) is 35.6 Å². The molecule has 1 aliphatic carbocycles. The summed E-state index contributed by atoms with van der Waals surface area (Å²) in [5.41, 5.74) is 1.05. The average Bonchev–Trinajstić information content (AvgIpc) is 2.92. The van der Waals surface area contributed by atoms with Crippen LogP contribution in [0, 0.1) is 5.92 Å². The van der Waals surface area contributed by atoms with Crippen molar-refractivity contribution in [2.75, 3.05) is 11.4 Å². The van der Waals surface area contributed by atoms with E-state index in [1.807, 2.05) is 12.4 Å². The van der Waals surface area contributed by atoms with Crippen molar-refractivity contribution < 1.29 is 5.11 Å². The lowest BCUT2D eigenvalue weighted by molar-refractivity contribution is 0.160. The molecule has 4 nitrogen and oxygen atoms in total. The van der Waals surface area contributed by atoms with E-state index in [-0.39, 0.29) is 17.6 Å². The first-order valence-electron chi connectivity index (χ1n) is 7.24. The first-order chi connectivity index (χ1) is 8.97. The summed E-state index contributed by atoms with van der Waals surface area (Å²) in [6, 6.07) is 0.259. The van der Waals surface area contributed by atoms with Crippen LogP contribution in [0.3, 0.4) is 0 Å². The molecule has 19 heavy (non-hydrogen) atoms. The van der Waals surface area contributed by atoms with Crippen LogP contribution < -0.4 is 4.90 Å². The Labute approximate surface area is 114 Å². The van der Waals surface area contributed by atoms with Crippen LogP contribution in [0.5, 0.6) is 0 Å². The maximum atomic E-state index is 10.1. The lowest BCUT2D eigenvalue weighted by atomic mass is 9.93. The van der Waals surface area contributed by atoms with Crippen LogP contribution in [0.4, 0.5) is 5.82 Å². The molecule has 0 bridgehead atoms. The molecule has 0 spiro atoms. The Bertz CT molecular complexity index is 451. The summed E-state index contributed by atoms with van der Waals surface area (Å²) in [7, 11) is 0. The second-order valence-electron chi connectivity index (χ2n) is 6.89. The second kappa shape index (κ2) is 4.44. The normalized spacial score (nSPS) is 30.7. The van der Waals surface area contributed by atoms with Crippen molar-refractivity contribution in [2.45, 2.75) is 57.6 Å². The molecule has 2 fully saturated rings. The molecule has 1 saturated carbocycles. The van der Waals surface area contributed by atoms with Gasteiger partial charge in [-0.2, -0.15) is 0 Å². The van der Waals surface area contributed by atoms with E-state index < -0.39 is 0 Å². The fourth-order valence-corrected chi connectivity index (χ4v) is 3.40. The molecule has 1 aromatic rings. The molecule has 104 valence electrons. The zero-order valence-electron chi connectivity index (χ0n) is 12.0. The standard InChI is InChI=1S/C15H23N3O/c1-15(2,3)12-8-17-13(9-16-12)18-7-6-10-4-5-11(19)14(10)18/h8-11,14,19H,4-7H2,1-3H3/t10-,11+,14+/m0/s1. The monoisotopic (exact) mass is 261 g/mol. The Morgan fingerprint density at radius 2 is 1.95 bits per heavy atom. The zero-order valence-corrected chi connectivity index (χ0v) is 12.0. The van der Waals surface area contributed by atoms with E-state index in [1.54, 1.807) is 0 Å². The quantitative estimate of drug-likeness (QED) is 0.841. The SMILES string of the molecule is CC(C)(C)c1cnc(N2CC[C@@H]3CC[C@@H](O)[C@@H]32)cn1. The van der Waals surface area contributed by atoms with Gasteiger partial charge in [-0.25, -0.2) is 4.98 Å². The van der Waals surface area contributed by atoms with Gasteiger partial charge < -0.3 is 10.0 Å². The third kappa shape index (κ3) is 2.22. The second-order valence-corrected chi connectivity index (χ2v) is 6.89. The number of nitrogens with zero attached hydrogens (tertiary/aromatic N) is 3. The van der Waals surface area contributed by atoms with Gasteiger partial charge in [0.15, 0.2) is 0 Å². The molecule has 2 heterocycles. The molecule has 2 aliphatic rings. The number of fused-ring (bicyclic) bond motifs is 1. The van der Waals surface area contributed by atoms with E-state index in [1.165, 1.54) is 6.42 Å². The predicted molar refractivity (Wildman–Crippen MR) is 75.2 cm³/mol. The molecule has 0 unspecified atom stereocenters. The Morgan fingerprint density at radius 1 is 1.16 bits per heavy atom. The Hall–Kier alpha value is -1.16. The van der Waals surface area contributed by atoms with Gasteiger partial charge in [0, 0.05) is 12.0 Å². The van der Waals surface area contributed by atoms with Crippen LogP contribution in [0.25, 0.3) is 0 Å². The summed E-state index contributed by atoms with van der Waals surface area (Å²) < 4.78 is 0. The Balaban J connectivity index is 1.83. The van der Waals surface area contributed by atoms with E-state index in [4.69, 9.17) is 0 Å². The maximum absolute atomic E-state index is 10.1. The highest BCUT2D eigenvalue weighted by molar-refractivity contribution is 5.41. The van der Waals surface area contributed by atoms with E-state index >= 15 is 0 Å². The number of hydrogen-bond donors (Lipinski definition) is 1. The van der Waals surface area contributed by atoms with Gasteiger partial charge in [-0.1, -0.05) is 20.8 Å². The molecular weight excluding hydrogens is 238 g/mol. The van der Waals surface area contributed by atoms with Gasteiger partial charge in [-0.05, 0) is 25.2 Å². The number of aliphatic hydroxyl groups excluding tert-OH is 1. The van der Waals surface area contributed by atoms with Crippen molar-refractivity contribution in [1.82, 2.24) is 9.97 Å². The number of rotatable bonds is 1. The third-order valence-corrected chi connectivity index (χ3v) is 4.51. The maximum Gasteiger partial charge on any atom is 0.147 e. The predicted octanol–water partition coefficient (Wildman–Crippen LogP) is 2.12. The van der Waals surface area contributed by atoms with Gasteiger partial charge in [0.1, 0.15) is 5.82 Å². The fourth-order valence-electron chi connectivity index (χ4n) is 3.40. The molecule has 1 N–H and O–H groups in total. The minimum absolute atomic E-state index is 0.0337. The minimum Gasteiger partial charge on any atom is -0.391 e. The van der Waals surface area contributed by atoms with Gasteiger partial charge in [0.05, 0.1) is 30.2 Å². The summed E-state index contributed by atoms with van der Waals surface area (Å²) in [5.74, 6) is 1.56. The van der Waals surface area contributed by atoms with Crippen LogP contribution in [0.2, 0.25) is 0 Å². The number of anilines is 1. The van der Waals surface area contributed by atoms with Crippen LogP contribution in [0.1, 0.15) is 45.7 Å². The number of hydrogen-bond acceptors (Lipinski definition) is 4. The summed E-state index contributed by atoms with van der Waals surface area (Å²) in [6.45, 7) is 7.42. The first-order valence-corrected chi connectivity index (χ1v) is 7.24. The fraction of sp³-hybridized carbons (Fsp3) is 0.733. The van der Waals surface area contributed by atoms with Gasteiger partial charge >= 0.3 is 0 Å². The van der Waals surface area contributed by atoms with Gasteiger partial charge in [0.25, 0.3) is 0 Å². The molecule has 3 rings (SSSR count). The lowest BCUT2D eigenvalue weighted by Gasteiger charge is -2.28. The number of aromatic nitrogens is 2. The molecule has 1 aliphatic heterocycles. The van der Waals surface area contributed by atoms with Gasteiger partial charge in [0.2, 0.25) is 0 Å². The summed E-state index contributed by atoms with van der Waals surface area (Å²) >= 11 is 0. The smallest absolute Gasteiger partial charge is 0.147 e. The molecule has 1 aromatic heterocycles. The van der Waals surface area contributed by atoms with E-state index in [0.29, 0.717) is 5.92 Å². The third-order valence-electron chi connectivity index (χ3n) is 4.51. The van der Waals surface area contributed by atoms with Crippen LogP contribution in [-0.4, -0.2) is 33.8 Å². The molecule has 1 saturated heterocycles. The largest absolute Gasteiger partial charge is 0.391 e. The summed E-state index contributed by atoms with van der Waals surface area (Å²) in [4.78, 5) is 11.4. The molecule has 0 amide bonds. The van der Waals surface area contributed by atoms with Crippen molar-refractivity contribution in [3.63, 3.8) is 0 Å². The zero-order chi connectivity index (χ0) is 13.6. The topological polar surface area (TPSA) is 49.2 Å². The van der Waals surface area contributed by atoms with Gasteiger partial charge in [-0.3, -0.25) is 4.98 Å². The van der Waals surface area contributed by atoms with Crippen LogP contribution >= 0.6 is 0 Å². The Morgan fingerprint density at radius 3 is 2.58 bits per heavy atom. The van der Waals surface area contributed by atoms with Crippen LogP contribution in [-0.2, 0) is 5.41 Å². The molecule has 0 radical (unpaired) electrons. The molecule has 3 atom stereocenters. The highest BCUT2D eigenvalue weighted by Crippen LogP contribution is 2.39. The summed E-state index contributed by atoms with van der Waals surface area (Å²) in [6.07, 6.45) is 6.80.